The van der Waals surface area contributed by atoms with E-state index in [1.807, 2.05) is 24.3 Å². The summed E-state index contributed by atoms with van der Waals surface area (Å²) in [6.45, 7) is 5.93. The van der Waals surface area contributed by atoms with Gasteiger partial charge in [0.1, 0.15) is 5.54 Å². The third-order valence-corrected chi connectivity index (χ3v) is 8.85. The number of halogens is 3. The van der Waals surface area contributed by atoms with Gasteiger partial charge < -0.3 is 13.9 Å². The van der Waals surface area contributed by atoms with E-state index in [2.05, 4.69) is 15.9 Å². The van der Waals surface area contributed by atoms with E-state index in [1.165, 1.54) is 23.1 Å². The quantitative estimate of drug-likeness (QED) is 0.200. The first kappa shape index (κ1) is 28.2. The Morgan fingerprint density at radius 1 is 1.00 bits per heavy atom. The predicted octanol–water partition coefficient (Wildman–Crippen LogP) is 7.18. The van der Waals surface area contributed by atoms with Gasteiger partial charge in [-0.1, -0.05) is 51.3 Å². The number of amides is 3. The van der Waals surface area contributed by atoms with Crippen LogP contribution in [0.25, 0.3) is 0 Å². The van der Waals surface area contributed by atoms with E-state index in [4.69, 9.17) is 32.2 Å². The Bertz CT molecular complexity index is 1100. The average Bonchev–Trinajstić information content (AvgIpc) is 2.95. The fourth-order valence-electron chi connectivity index (χ4n) is 4.17. The largest absolute Gasteiger partial charge is 0.332 e. The van der Waals surface area contributed by atoms with Crippen molar-refractivity contribution in [2.45, 2.75) is 39.2 Å². The Balaban J connectivity index is 1.93. The third kappa shape index (κ3) is 6.48. The lowest BCUT2D eigenvalue weighted by atomic mass is 9.91. The maximum Gasteiger partial charge on any atom is 0.332 e. The Morgan fingerprint density at radius 3 is 2.11 bits per heavy atom. The zero-order chi connectivity index (χ0) is 25.8. The highest BCUT2D eigenvalue weighted by atomic mass is 79.9. The highest BCUT2D eigenvalue weighted by molar-refractivity contribution is 9.10. The van der Waals surface area contributed by atoms with Gasteiger partial charge in [0, 0.05) is 27.5 Å². The molecule has 0 aromatic heterocycles. The second-order valence-corrected chi connectivity index (χ2v) is 12.3. The molecule has 0 spiro atoms. The molecule has 190 valence electrons. The van der Waals surface area contributed by atoms with Crippen LogP contribution in [0.5, 0.6) is 0 Å². The number of urea groups is 1. The first-order chi connectivity index (χ1) is 16.5. The lowest BCUT2D eigenvalue weighted by molar-refractivity contribution is -0.124. The number of benzene rings is 2. The highest BCUT2D eigenvalue weighted by Crippen LogP contribution is 2.48. The van der Waals surface area contributed by atoms with Gasteiger partial charge in [0.25, 0.3) is 5.91 Å². The molecule has 1 atom stereocenters. The van der Waals surface area contributed by atoms with Gasteiger partial charge in [-0.25, -0.2) is 9.69 Å². The fraction of sp³-hybridized carbons (Fsp3) is 0.417. The number of rotatable bonds is 11. The summed E-state index contributed by atoms with van der Waals surface area (Å²) in [6, 6.07) is 11.7. The molecule has 3 rings (SSSR count). The minimum atomic E-state index is -3.29. The van der Waals surface area contributed by atoms with Gasteiger partial charge in [-0.15, -0.1) is 0 Å². The Kier molecular flexibility index (Phi) is 9.46. The van der Waals surface area contributed by atoms with Crippen molar-refractivity contribution in [3.8, 4) is 0 Å². The molecule has 1 aliphatic rings. The molecule has 1 aliphatic heterocycles. The minimum absolute atomic E-state index is 0.129. The van der Waals surface area contributed by atoms with Gasteiger partial charge in [-0.2, -0.15) is 0 Å². The van der Waals surface area contributed by atoms with Crippen LogP contribution in [0, 0.1) is 0 Å². The topological polar surface area (TPSA) is 76.2 Å². The predicted molar refractivity (Wildman–Crippen MR) is 143 cm³/mol. The van der Waals surface area contributed by atoms with E-state index in [1.54, 1.807) is 20.8 Å². The van der Waals surface area contributed by atoms with Crippen molar-refractivity contribution < 1.29 is 23.2 Å². The van der Waals surface area contributed by atoms with Gasteiger partial charge in [0.05, 0.1) is 25.1 Å². The summed E-state index contributed by atoms with van der Waals surface area (Å²) in [5, 5.41) is 0.631. The van der Waals surface area contributed by atoms with Crippen LogP contribution >= 0.6 is 46.7 Å². The number of imide groups is 1. The van der Waals surface area contributed by atoms with Crippen molar-refractivity contribution >= 4 is 64.4 Å². The third-order valence-electron chi connectivity index (χ3n) is 5.71. The van der Waals surface area contributed by atoms with E-state index in [9.17, 15) is 14.2 Å². The summed E-state index contributed by atoms with van der Waals surface area (Å²) in [6.07, 6.45) is 0.755. The second-order valence-electron chi connectivity index (χ2n) is 8.30. The second kappa shape index (κ2) is 11.8. The maximum absolute atomic E-state index is 13.8. The molecule has 0 aliphatic carbocycles. The summed E-state index contributed by atoms with van der Waals surface area (Å²) in [5.74, 6) is -0.387. The first-order valence-corrected chi connectivity index (χ1v) is 14.6. The number of hydrogen-bond acceptors (Lipinski definition) is 5. The van der Waals surface area contributed by atoms with E-state index in [0.717, 1.165) is 14.9 Å². The van der Waals surface area contributed by atoms with Gasteiger partial charge in [-0.05, 0) is 63.1 Å². The smallest absolute Gasteiger partial charge is 0.309 e. The lowest BCUT2D eigenvalue weighted by Crippen LogP contribution is -2.49. The van der Waals surface area contributed by atoms with Crippen LogP contribution in [0.15, 0.2) is 46.9 Å². The molecule has 1 saturated heterocycles. The van der Waals surface area contributed by atoms with Gasteiger partial charge in [-0.3, -0.25) is 9.36 Å². The van der Waals surface area contributed by atoms with E-state index in [-0.39, 0.29) is 31.8 Å². The van der Waals surface area contributed by atoms with Crippen LogP contribution in [0.4, 0.5) is 10.5 Å². The molecule has 7 nitrogen and oxygen atoms in total. The Morgan fingerprint density at radius 2 is 1.57 bits per heavy atom. The van der Waals surface area contributed by atoms with Crippen molar-refractivity contribution in [3.63, 3.8) is 0 Å². The maximum atomic E-state index is 13.8. The summed E-state index contributed by atoms with van der Waals surface area (Å²) >= 11 is 15.7. The molecule has 11 heteroatoms. The molecule has 2 aromatic carbocycles. The average molecular weight is 606 g/mol. The van der Waals surface area contributed by atoms with Gasteiger partial charge >= 0.3 is 13.6 Å². The monoisotopic (exact) mass is 604 g/mol. The number of nitrogens with zero attached hydrogens (tertiary/aromatic N) is 2. The van der Waals surface area contributed by atoms with Gasteiger partial charge in [0.2, 0.25) is 0 Å². The van der Waals surface area contributed by atoms with Gasteiger partial charge in [0.15, 0.2) is 0 Å². The number of anilines is 1. The zero-order valence-electron chi connectivity index (χ0n) is 19.8. The van der Waals surface area contributed by atoms with Crippen molar-refractivity contribution in [2.75, 3.05) is 30.8 Å². The molecular formula is C24H28BrCl2N2O5P. The van der Waals surface area contributed by atoms with Crippen LogP contribution in [0.1, 0.15) is 32.8 Å². The van der Waals surface area contributed by atoms with Crippen molar-refractivity contribution in [2.24, 2.45) is 0 Å². The molecule has 0 radical (unpaired) electrons. The normalized spacial score (nSPS) is 18.6. The molecule has 0 N–H and O–H groups in total. The van der Waals surface area contributed by atoms with Crippen molar-refractivity contribution in [1.82, 2.24) is 4.90 Å². The van der Waals surface area contributed by atoms with Crippen LogP contribution in [-0.4, -0.2) is 48.3 Å². The molecule has 1 fully saturated rings. The standard InChI is InChI=1S/C24H28BrCl2N2O5P/c1-4-33-35(32,34-5-2)12-6-11-28-23(31)29(21-14-19(26)13-20(27)15-21)22(30)24(28,3)16-17-7-9-18(25)10-8-17/h7-10,13-15H,4-6,11-12,16H2,1-3H3/t24-/m1/s1. The Labute approximate surface area is 224 Å². The summed E-state index contributed by atoms with van der Waals surface area (Å²) in [5.41, 5.74) is 0.0134. The zero-order valence-corrected chi connectivity index (χ0v) is 23.8. The SMILES string of the molecule is CCOP(=O)(CCCN1C(=O)N(c2cc(Cl)cc(Cl)c2)C(=O)[C@@]1(C)Cc1ccc(Br)cc1)OCC. The first-order valence-electron chi connectivity index (χ1n) is 11.3. The lowest BCUT2D eigenvalue weighted by Gasteiger charge is -2.32. The number of carbonyl (C=O) groups is 2. The minimum Gasteiger partial charge on any atom is -0.309 e. The van der Waals surface area contributed by atoms with E-state index >= 15 is 0 Å². The molecule has 35 heavy (non-hydrogen) atoms. The summed E-state index contributed by atoms with van der Waals surface area (Å²) in [4.78, 5) is 30.0. The molecule has 0 bridgehead atoms. The number of carbonyl (C=O) groups excluding carboxylic acids is 2. The van der Waals surface area contributed by atoms with Crippen LogP contribution < -0.4 is 4.90 Å². The van der Waals surface area contributed by atoms with Crippen LogP contribution in [0.3, 0.4) is 0 Å². The fourth-order valence-corrected chi connectivity index (χ4v) is 6.59. The van der Waals surface area contributed by atoms with Crippen molar-refractivity contribution in [3.05, 3.63) is 62.5 Å². The molecular weight excluding hydrogens is 578 g/mol. The molecule has 0 saturated carbocycles. The van der Waals surface area contributed by atoms with Crippen LogP contribution in [-0.2, 0) is 24.8 Å². The molecule has 1 heterocycles. The van der Waals surface area contributed by atoms with E-state index < -0.39 is 19.2 Å². The highest BCUT2D eigenvalue weighted by Gasteiger charge is 2.54. The van der Waals surface area contributed by atoms with Crippen molar-refractivity contribution in [1.29, 1.82) is 0 Å². The molecule has 3 amide bonds. The van der Waals surface area contributed by atoms with Crippen LogP contribution in [0.2, 0.25) is 10.0 Å². The number of hydrogen-bond donors (Lipinski definition) is 0. The molecule has 0 unspecified atom stereocenters. The summed E-state index contributed by atoms with van der Waals surface area (Å²) < 4.78 is 24.6. The summed E-state index contributed by atoms with van der Waals surface area (Å²) in [7, 11) is -3.29. The Hall–Kier alpha value is -1.41. The van der Waals surface area contributed by atoms with E-state index in [0.29, 0.717) is 28.6 Å². The molecule has 2 aromatic rings.